The summed E-state index contributed by atoms with van der Waals surface area (Å²) in [4.78, 5) is 25.2. The number of esters is 2. The smallest absolute Gasteiger partial charge is 0.344 e. The molecule has 0 spiro atoms. The number of hydrogen-bond acceptors (Lipinski definition) is 6. The van der Waals surface area contributed by atoms with Crippen LogP contribution in [0.1, 0.15) is 116 Å². The number of benzene rings is 1. The summed E-state index contributed by atoms with van der Waals surface area (Å²) in [6.45, 7) is 12.9. The topological polar surface area (TPSA) is 87.8 Å². The number of hydrogen-bond donors (Lipinski definition) is 1. The molecule has 0 radical (unpaired) electrons. The first kappa shape index (κ1) is 33.3. The van der Waals surface area contributed by atoms with Gasteiger partial charge in [0.25, 0.3) is 0 Å². The van der Waals surface area contributed by atoms with Crippen LogP contribution in [0.4, 0.5) is 0 Å². The number of carbonyl (C=O) groups is 2. The zero-order valence-corrected chi connectivity index (χ0v) is 28.3. The minimum absolute atomic E-state index is 0.0872. The summed E-state index contributed by atoms with van der Waals surface area (Å²) in [5, 5.41) is 0. The second-order valence-corrected chi connectivity index (χ2v) is 15.8. The zero-order chi connectivity index (χ0) is 31.6. The first-order valence-electron chi connectivity index (χ1n) is 17.7. The molecule has 10 atom stereocenters. The molecular weight excluding hydrogens is 550 g/mol. The standard InChI is InChI=1S/C38H59NO5/c1-24(2)26(22-39)12-11-25(3)31-15-16-32-29-14-13-27-21-28(17-19-37(27,4)33(29)18-20-38(31,32)5)44-35(40)23-43-36(41)30-9-7-8-10-34(30)42-6/h7-10,24-29,31-33H,11-23,39H2,1-6H3/t25?,26?,27?,28?,29?,31?,32?,33?,37-,38+/m0/s1. The van der Waals surface area contributed by atoms with Crippen LogP contribution in [-0.4, -0.2) is 38.3 Å². The fraction of sp³-hybridized carbons (Fsp3) is 0.789. The Hall–Kier alpha value is -2.08. The van der Waals surface area contributed by atoms with Gasteiger partial charge >= 0.3 is 11.9 Å². The van der Waals surface area contributed by atoms with E-state index >= 15 is 0 Å². The second kappa shape index (κ2) is 13.7. The van der Waals surface area contributed by atoms with Crippen molar-refractivity contribution in [3.05, 3.63) is 29.8 Å². The molecule has 0 bridgehead atoms. The maximum Gasteiger partial charge on any atom is 0.344 e. The number of nitrogens with two attached hydrogens (primary N) is 1. The van der Waals surface area contributed by atoms with Crippen LogP contribution in [0.25, 0.3) is 0 Å². The van der Waals surface area contributed by atoms with Gasteiger partial charge in [0.2, 0.25) is 0 Å². The largest absolute Gasteiger partial charge is 0.496 e. The third-order valence-electron chi connectivity index (χ3n) is 13.6. The molecule has 0 saturated heterocycles. The maximum absolute atomic E-state index is 12.7. The fourth-order valence-electron chi connectivity index (χ4n) is 10.9. The SMILES string of the molecule is COc1ccccc1C(=O)OCC(=O)OC1CC[C@@]2(C)C(CCC3C4CCC(C(C)CCC(CN)C(C)C)[C@@]4(C)CCC32)C1. The van der Waals surface area contributed by atoms with E-state index in [4.69, 9.17) is 19.9 Å². The molecule has 4 fully saturated rings. The second-order valence-electron chi connectivity index (χ2n) is 15.8. The molecule has 0 amide bonds. The lowest BCUT2D eigenvalue weighted by molar-refractivity contribution is -0.165. The molecule has 8 unspecified atom stereocenters. The monoisotopic (exact) mass is 609 g/mol. The van der Waals surface area contributed by atoms with Crippen molar-refractivity contribution in [3.8, 4) is 5.75 Å². The Morgan fingerprint density at radius 3 is 2.39 bits per heavy atom. The van der Waals surface area contributed by atoms with Crippen molar-refractivity contribution in [1.29, 1.82) is 0 Å². The molecule has 1 aromatic carbocycles. The van der Waals surface area contributed by atoms with Crippen molar-refractivity contribution in [2.24, 2.45) is 63.9 Å². The van der Waals surface area contributed by atoms with Crippen LogP contribution in [0, 0.1) is 58.2 Å². The van der Waals surface area contributed by atoms with Crippen molar-refractivity contribution in [2.75, 3.05) is 20.3 Å². The average molecular weight is 610 g/mol. The lowest BCUT2D eigenvalue weighted by Crippen LogP contribution is -2.54. The highest BCUT2D eigenvalue weighted by atomic mass is 16.6. The molecule has 0 aromatic heterocycles. The van der Waals surface area contributed by atoms with Crippen LogP contribution in [0.15, 0.2) is 24.3 Å². The van der Waals surface area contributed by atoms with Gasteiger partial charge in [-0.25, -0.2) is 9.59 Å². The minimum atomic E-state index is -0.572. The molecule has 0 aliphatic heterocycles. The van der Waals surface area contributed by atoms with Crippen LogP contribution in [0.5, 0.6) is 5.75 Å². The molecule has 246 valence electrons. The van der Waals surface area contributed by atoms with Crippen molar-refractivity contribution < 1.29 is 23.8 Å². The van der Waals surface area contributed by atoms with Crippen LogP contribution in [0.2, 0.25) is 0 Å². The highest BCUT2D eigenvalue weighted by Crippen LogP contribution is 2.68. The van der Waals surface area contributed by atoms with Gasteiger partial charge in [-0.1, -0.05) is 53.2 Å². The van der Waals surface area contributed by atoms with Gasteiger partial charge in [-0.05, 0) is 141 Å². The summed E-state index contributed by atoms with van der Waals surface area (Å²) in [5.74, 6) is 5.42. The van der Waals surface area contributed by atoms with E-state index in [1.165, 1.54) is 58.5 Å². The van der Waals surface area contributed by atoms with Gasteiger partial charge in [0.1, 0.15) is 17.4 Å². The van der Waals surface area contributed by atoms with Gasteiger partial charge in [0.05, 0.1) is 7.11 Å². The summed E-state index contributed by atoms with van der Waals surface area (Å²) in [7, 11) is 1.51. The number of fused-ring (bicyclic) bond motifs is 5. The Kier molecular flexibility index (Phi) is 10.4. The van der Waals surface area contributed by atoms with Gasteiger partial charge in [0.15, 0.2) is 6.61 Å². The van der Waals surface area contributed by atoms with Crippen molar-refractivity contribution in [2.45, 2.75) is 111 Å². The van der Waals surface area contributed by atoms with E-state index in [1.54, 1.807) is 24.3 Å². The van der Waals surface area contributed by atoms with E-state index < -0.39 is 11.9 Å². The van der Waals surface area contributed by atoms with E-state index in [1.807, 2.05) is 0 Å². The zero-order valence-electron chi connectivity index (χ0n) is 28.3. The highest BCUT2D eigenvalue weighted by Gasteiger charge is 2.60. The molecule has 0 heterocycles. The maximum atomic E-state index is 12.7. The van der Waals surface area contributed by atoms with Crippen LogP contribution in [-0.2, 0) is 14.3 Å². The average Bonchev–Trinajstić information content (AvgIpc) is 3.37. The molecule has 44 heavy (non-hydrogen) atoms. The third kappa shape index (κ3) is 6.44. The number of methoxy groups -OCH3 is 1. The summed E-state index contributed by atoms with van der Waals surface area (Å²) in [5.41, 5.74) is 7.25. The van der Waals surface area contributed by atoms with Crippen LogP contribution >= 0.6 is 0 Å². The first-order chi connectivity index (χ1) is 21.0. The minimum Gasteiger partial charge on any atom is -0.496 e. The Morgan fingerprint density at radius 1 is 0.932 bits per heavy atom. The summed E-state index contributed by atoms with van der Waals surface area (Å²) < 4.78 is 16.4. The molecule has 6 heteroatoms. The van der Waals surface area contributed by atoms with E-state index in [-0.39, 0.29) is 12.7 Å². The van der Waals surface area contributed by atoms with Gasteiger partial charge in [-0.2, -0.15) is 0 Å². The summed E-state index contributed by atoms with van der Waals surface area (Å²) in [6, 6.07) is 6.87. The Morgan fingerprint density at radius 2 is 1.66 bits per heavy atom. The lowest BCUT2D eigenvalue weighted by Gasteiger charge is -2.61. The number of ether oxygens (including phenoxy) is 3. The first-order valence-corrected chi connectivity index (χ1v) is 17.7. The van der Waals surface area contributed by atoms with Crippen molar-refractivity contribution in [1.82, 2.24) is 0 Å². The van der Waals surface area contributed by atoms with E-state index in [9.17, 15) is 9.59 Å². The quantitative estimate of drug-likeness (QED) is 0.255. The molecule has 4 saturated carbocycles. The number of carbonyl (C=O) groups excluding carboxylic acids is 2. The molecule has 2 N–H and O–H groups in total. The normalized spacial score (nSPS) is 36.0. The molecule has 5 rings (SSSR count). The highest BCUT2D eigenvalue weighted by molar-refractivity contribution is 5.93. The molecule has 1 aromatic rings. The lowest BCUT2D eigenvalue weighted by atomic mass is 9.44. The molecule has 6 nitrogen and oxygen atoms in total. The van der Waals surface area contributed by atoms with Gasteiger partial charge in [-0.15, -0.1) is 0 Å². The molecular formula is C38H59NO5. The summed E-state index contributed by atoms with van der Waals surface area (Å²) in [6.07, 6.45) is 13.6. The van der Waals surface area contributed by atoms with E-state index in [0.717, 1.165) is 55.4 Å². The summed E-state index contributed by atoms with van der Waals surface area (Å²) >= 11 is 0. The van der Waals surface area contributed by atoms with E-state index in [0.29, 0.717) is 39.9 Å². The third-order valence-corrected chi connectivity index (χ3v) is 13.6. The fourth-order valence-corrected chi connectivity index (χ4v) is 10.9. The van der Waals surface area contributed by atoms with Gasteiger partial charge < -0.3 is 19.9 Å². The predicted octanol–water partition coefficient (Wildman–Crippen LogP) is 8.07. The van der Waals surface area contributed by atoms with Crippen LogP contribution in [0.3, 0.4) is 0 Å². The Balaban J connectivity index is 1.14. The van der Waals surface area contributed by atoms with E-state index in [2.05, 4.69) is 34.6 Å². The van der Waals surface area contributed by atoms with Crippen LogP contribution < -0.4 is 10.5 Å². The number of rotatable bonds is 11. The predicted molar refractivity (Wildman–Crippen MR) is 174 cm³/mol. The van der Waals surface area contributed by atoms with Crippen molar-refractivity contribution in [3.63, 3.8) is 0 Å². The Labute approximate surface area is 266 Å². The molecule has 4 aliphatic carbocycles. The van der Waals surface area contributed by atoms with Gasteiger partial charge in [-0.3, -0.25) is 0 Å². The Bertz CT molecular complexity index is 1150. The van der Waals surface area contributed by atoms with Gasteiger partial charge in [0, 0.05) is 0 Å². The molecule has 4 aliphatic rings. The van der Waals surface area contributed by atoms with Crippen molar-refractivity contribution >= 4 is 11.9 Å². The number of para-hydroxylation sites is 1.